The monoisotopic (exact) mass is 433 g/mol. The van der Waals surface area contributed by atoms with Gasteiger partial charge in [0.1, 0.15) is 12.6 Å². The van der Waals surface area contributed by atoms with E-state index in [1.54, 1.807) is 6.92 Å². The molecule has 0 heterocycles. The first-order chi connectivity index (χ1) is 15.0. The highest BCUT2D eigenvalue weighted by atomic mass is 32.2. The number of rotatable bonds is 7. The molecule has 0 saturated carbocycles. The zero-order valence-corrected chi connectivity index (χ0v) is 17.8. The van der Waals surface area contributed by atoms with Gasteiger partial charge in [-0.3, -0.25) is 0 Å². The van der Waals surface area contributed by atoms with Crippen LogP contribution in [0.5, 0.6) is 0 Å². The Labute approximate surface area is 185 Å². The van der Waals surface area contributed by atoms with Crippen molar-refractivity contribution >= 4 is 23.8 Å². The first kappa shape index (κ1) is 21.0. The van der Waals surface area contributed by atoms with Gasteiger partial charge in [0.05, 0.1) is 0 Å². The molecule has 4 rings (SSSR count). The molecule has 0 bridgehead atoms. The van der Waals surface area contributed by atoms with Gasteiger partial charge in [-0.2, -0.15) is 0 Å². The van der Waals surface area contributed by atoms with Gasteiger partial charge in [-0.1, -0.05) is 73.7 Å². The normalized spacial score (nSPS) is 14.2. The molecule has 1 aliphatic carbocycles. The second-order valence-corrected chi connectivity index (χ2v) is 8.87. The number of hydrogen-bond donors (Lipinski definition) is 2. The van der Waals surface area contributed by atoms with Crippen LogP contribution in [0.2, 0.25) is 0 Å². The Kier molecular flexibility index (Phi) is 6.28. The summed E-state index contributed by atoms with van der Waals surface area (Å²) in [5.41, 5.74) is 4.50. The van der Waals surface area contributed by atoms with Crippen LogP contribution < -0.4 is 5.32 Å². The fourth-order valence-electron chi connectivity index (χ4n) is 3.93. The van der Waals surface area contributed by atoms with Crippen LogP contribution in [0, 0.1) is 0 Å². The molecule has 1 aliphatic rings. The summed E-state index contributed by atoms with van der Waals surface area (Å²) in [4.78, 5) is 25.2. The number of fused-ring (bicyclic) bond motifs is 3. The molecule has 2 N–H and O–H groups in total. The molecule has 0 saturated heterocycles. The number of benzene rings is 3. The van der Waals surface area contributed by atoms with Crippen LogP contribution >= 0.6 is 11.8 Å². The Hall–Kier alpha value is -3.25. The Balaban J connectivity index is 1.42. The lowest BCUT2D eigenvalue weighted by Gasteiger charge is -2.21. The van der Waals surface area contributed by atoms with Crippen molar-refractivity contribution in [3.8, 4) is 11.1 Å². The maximum Gasteiger partial charge on any atom is 0.407 e. The van der Waals surface area contributed by atoms with Gasteiger partial charge in [-0.15, -0.1) is 11.8 Å². The SMILES string of the molecule is C[C@H](Sc1ccccc1)[C@@H](NC(=O)OCC1c2ccccc2-c2ccccc21)C(=O)O. The van der Waals surface area contributed by atoms with E-state index in [1.807, 2.05) is 66.7 Å². The summed E-state index contributed by atoms with van der Waals surface area (Å²) in [7, 11) is 0. The number of carbonyl (C=O) groups excluding carboxylic acids is 1. The highest BCUT2D eigenvalue weighted by Crippen LogP contribution is 2.44. The smallest absolute Gasteiger partial charge is 0.407 e. The van der Waals surface area contributed by atoms with Gasteiger partial charge < -0.3 is 15.2 Å². The van der Waals surface area contributed by atoms with Crippen molar-refractivity contribution in [1.29, 1.82) is 0 Å². The van der Waals surface area contributed by atoms with E-state index in [0.717, 1.165) is 27.1 Å². The minimum Gasteiger partial charge on any atom is -0.480 e. The summed E-state index contributed by atoms with van der Waals surface area (Å²) in [5, 5.41) is 11.8. The van der Waals surface area contributed by atoms with Crippen LogP contribution in [0.25, 0.3) is 11.1 Å². The number of carboxylic acid groups (broad SMARTS) is 1. The number of nitrogens with one attached hydrogen (secondary N) is 1. The van der Waals surface area contributed by atoms with Crippen LogP contribution in [0.1, 0.15) is 24.0 Å². The van der Waals surface area contributed by atoms with Crippen LogP contribution in [0.15, 0.2) is 83.8 Å². The van der Waals surface area contributed by atoms with Crippen LogP contribution in [0.3, 0.4) is 0 Å². The van der Waals surface area contributed by atoms with Gasteiger partial charge in [0.2, 0.25) is 0 Å². The van der Waals surface area contributed by atoms with E-state index in [0.29, 0.717) is 0 Å². The number of thioether (sulfide) groups is 1. The van der Waals surface area contributed by atoms with Crippen LogP contribution in [0.4, 0.5) is 4.79 Å². The molecule has 0 spiro atoms. The van der Waals surface area contributed by atoms with Crippen molar-refractivity contribution in [2.24, 2.45) is 0 Å². The number of alkyl carbamates (subject to hydrolysis) is 1. The Morgan fingerprint density at radius 1 is 0.935 bits per heavy atom. The Bertz CT molecular complexity index is 1040. The second-order valence-electron chi connectivity index (χ2n) is 7.42. The van der Waals surface area contributed by atoms with E-state index >= 15 is 0 Å². The third-order valence-corrected chi connectivity index (χ3v) is 6.61. The third kappa shape index (κ3) is 4.59. The molecular formula is C25H23NO4S. The lowest BCUT2D eigenvalue weighted by molar-refractivity contribution is -0.139. The lowest BCUT2D eigenvalue weighted by atomic mass is 9.98. The average Bonchev–Trinajstić information content (AvgIpc) is 3.10. The summed E-state index contributed by atoms with van der Waals surface area (Å²) < 4.78 is 5.50. The van der Waals surface area contributed by atoms with E-state index in [-0.39, 0.29) is 17.8 Å². The molecule has 0 radical (unpaired) electrons. The zero-order valence-electron chi connectivity index (χ0n) is 17.0. The van der Waals surface area contributed by atoms with Crippen LogP contribution in [-0.4, -0.2) is 35.1 Å². The van der Waals surface area contributed by atoms with Gasteiger partial charge >= 0.3 is 12.1 Å². The van der Waals surface area contributed by atoms with E-state index in [1.165, 1.54) is 11.8 Å². The Morgan fingerprint density at radius 2 is 1.48 bits per heavy atom. The summed E-state index contributed by atoms with van der Waals surface area (Å²) in [6, 6.07) is 24.6. The predicted octanol–water partition coefficient (Wildman–Crippen LogP) is 5.16. The lowest BCUT2D eigenvalue weighted by Crippen LogP contribution is -2.47. The maximum atomic E-state index is 12.5. The molecule has 5 nitrogen and oxygen atoms in total. The standard InChI is InChI=1S/C25H23NO4S/c1-16(31-17-9-3-2-4-10-17)23(24(27)28)26-25(29)30-15-22-20-13-7-5-11-18(20)19-12-6-8-14-21(19)22/h2-14,16,22-23H,15H2,1H3,(H,26,29)(H,27,28)/t16-,23+/m0/s1. The highest BCUT2D eigenvalue weighted by Gasteiger charge is 2.31. The number of hydrogen-bond acceptors (Lipinski definition) is 4. The molecule has 2 atom stereocenters. The van der Waals surface area contributed by atoms with E-state index in [2.05, 4.69) is 17.4 Å². The summed E-state index contributed by atoms with van der Waals surface area (Å²) >= 11 is 1.40. The van der Waals surface area contributed by atoms with E-state index in [9.17, 15) is 14.7 Å². The van der Waals surface area contributed by atoms with Crippen molar-refractivity contribution in [2.75, 3.05) is 6.61 Å². The van der Waals surface area contributed by atoms with Gasteiger partial charge in [0, 0.05) is 16.1 Å². The molecule has 0 unspecified atom stereocenters. The molecular weight excluding hydrogens is 410 g/mol. The van der Waals surface area contributed by atoms with Gasteiger partial charge in [-0.25, -0.2) is 9.59 Å². The zero-order chi connectivity index (χ0) is 21.8. The summed E-state index contributed by atoms with van der Waals surface area (Å²) in [6.07, 6.45) is -0.727. The number of carbonyl (C=O) groups is 2. The van der Waals surface area contributed by atoms with Gasteiger partial charge in [-0.05, 0) is 34.4 Å². The molecule has 158 valence electrons. The highest BCUT2D eigenvalue weighted by molar-refractivity contribution is 8.00. The fraction of sp³-hybridized carbons (Fsp3) is 0.200. The first-order valence-corrected chi connectivity index (χ1v) is 11.0. The topological polar surface area (TPSA) is 75.6 Å². The maximum absolute atomic E-state index is 12.5. The summed E-state index contributed by atoms with van der Waals surface area (Å²) in [5.74, 6) is -1.16. The molecule has 6 heteroatoms. The molecule has 0 fully saturated rings. The number of amides is 1. The number of ether oxygens (including phenoxy) is 1. The van der Waals surface area contributed by atoms with Gasteiger partial charge in [0.15, 0.2) is 0 Å². The summed E-state index contributed by atoms with van der Waals surface area (Å²) in [6.45, 7) is 1.92. The second kappa shape index (κ2) is 9.27. The van der Waals surface area contributed by atoms with Crippen molar-refractivity contribution in [1.82, 2.24) is 5.32 Å². The van der Waals surface area contributed by atoms with Crippen molar-refractivity contribution in [2.45, 2.75) is 29.0 Å². The van der Waals surface area contributed by atoms with Gasteiger partial charge in [0.25, 0.3) is 0 Å². The minimum atomic E-state index is -1.09. The third-order valence-electron chi connectivity index (χ3n) is 5.42. The largest absolute Gasteiger partial charge is 0.480 e. The van der Waals surface area contributed by atoms with Crippen molar-refractivity contribution in [3.63, 3.8) is 0 Å². The molecule has 0 aromatic heterocycles. The van der Waals surface area contributed by atoms with Crippen molar-refractivity contribution < 1.29 is 19.4 Å². The van der Waals surface area contributed by atoms with E-state index < -0.39 is 18.1 Å². The molecule has 1 amide bonds. The predicted molar refractivity (Wildman–Crippen MR) is 121 cm³/mol. The molecule has 31 heavy (non-hydrogen) atoms. The first-order valence-electron chi connectivity index (χ1n) is 10.1. The fourth-order valence-corrected chi connectivity index (χ4v) is 4.99. The minimum absolute atomic E-state index is 0.0717. The van der Waals surface area contributed by atoms with Crippen LogP contribution in [-0.2, 0) is 9.53 Å². The number of carboxylic acids is 1. The Morgan fingerprint density at radius 3 is 2.06 bits per heavy atom. The average molecular weight is 434 g/mol. The number of aliphatic carboxylic acids is 1. The molecule has 3 aromatic rings. The van der Waals surface area contributed by atoms with E-state index in [4.69, 9.17) is 4.74 Å². The van der Waals surface area contributed by atoms with Crippen molar-refractivity contribution in [3.05, 3.63) is 90.0 Å². The molecule has 0 aliphatic heterocycles. The quantitative estimate of drug-likeness (QED) is 0.504. The molecule has 3 aromatic carbocycles.